The summed E-state index contributed by atoms with van der Waals surface area (Å²) in [6, 6.07) is 0. The third-order valence-electron chi connectivity index (χ3n) is 4.31. The molecule has 2 fully saturated rings. The number of hydrogen-bond donors (Lipinski definition) is 1. The summed E-state index contributed by atoms with van der Waals surface area (Å²) >= 11 is 0. The second-order valence-corrected chi connectivity index (χ2v) is 5.88. The molecule has 19 heavy (non-hydrogen) atoms. The summed E-state index contributed by atoms with van der Waals surface area (Å²) in [6.45, 7) is 2.99. The van der Waals surface area contributed by atoms with Crippen molar-refractivity contribution in [3.8, 4) is 0 Å². The maximum absolute atomic E-state index is 12.3. The van der Waals surface area contributed by atoms with Crippen LogP contribution in [0.2, 0.25) is 0 Å². The SMILES string of the molecule is CN1CC[C@H](C(=O)N2CC[C@@](C)(C(=O)O)C2)CC1=O. The summed E-state index contributed by atoms with van der Waals surface area (Å²) in [6.07, 6.45) is 1.39. The van der Waals surface area contributed by atoms with Crippen molar-refractivity contribution in [1.82, 2.24) is 9.80 Å². The Labute approximate surface area is 112 Å². The second kappa shape index (κ2) is 4.83. The molecule has 1 N–H and O–H groups in total. The van der Waals surface area contributed by atoms with E-state index in [0.717, 1.165) is 0 Å². The number of carboxylic acid groups (broad SMARTS) is 1. The Hall–Kier alpha value is -1.59. The van der Waals surface area contributed by atoms with Crippen LogP contribution in [0.25, 0.3) is 0 Å². The molecule has 0 aromatic rings. The van der Waals surface area contributed by atoms with Gasteiger partial charge in [0, 0.05) is 39.0 Å². The van der Waals surface area contributed by atoms with Gasteiger partial charge in [0.15, 0.2) is 0 Å². The van der Waals surface area contributed by atoms with Gasteiger partial charge >= 0.3 is 5.97 Å². The lowest BCUT2D eigenvalue weighted by atomic mass is 9.90. The molecule has 2 amide bonds. The third-order valence-corrected chi connectivity index (χ3v) is 4.31. The highest BCUT2D eigenvalue weighted by atomic mass is 16.4. The highest BCUT2D eigenvalue weighted by Crippen LogP contribution is 2.32. The number of carboxylic acids is 1. The normalized spacial score (nSPS) is 31.7. The van der Waals surface area contributed by atoms with E-state index in [2.05, 4.69) is 0 Å². The molecule has 0 radical (unpaired) electrons. The van der Waals surface area contributed by atoms with Gasteiger partial charge in [-0.1, -0.05) is 0 Å². The Morgan fingerprint density at radius 2 is 2.05 bits per heavy atom. The lowest BCUT2D eigenvalue weighted by Gasteiger charge is -2.31. The first-order valence-electron chi connectivity index (χ1n) is 6.59. The van der Waals surface area contributed by atoms with E-state index in [1.165, 1.54) is 0 Å². The molecule has 2 aliphatic heterocycles. The average Bonchev–Trinajstić information content (AvgIpc) is 2.76. The summed E-state index contributed by atoms with van der Waals surface area (Å²) < 4.78 is 0. The summed E-state index contributed by atoms with van der Waals surface area (Å²) in [4.78, 5) is 38.4. The van der Waals surface area contributed by atoms with E-state index in [-0.39, 0.29) is 30.7 Å². The number of carbonyl (C=O) groups is 3. The Balaban J connectivity index is 1.98. The van der Waals surface area contributed by atoms with Gasteiger partial charge in [-0.15, -0.1) is 0 Å². The van der Waals surface area contributed by atoms with Gasteiger partial charge in [-0.25, -0.2) is 0 Å². The van der Waals surface area contributed by atoms with Crippen molar-refractivity contribution in [2.75, 3.05) is 26.7 Å². The molecule has 0 spiro atoms. The molecule has 2 atom stereocenters. The third kappa shape index (κ3) is 2.57. The van der Waals surface area contributed by atoms with Gasteiger partial charge in [-0.05, 0) is 19.8 Å². The summed E-state index contributed by atoms with van der Waals surface area (Å²) in [5.41, 5.74) is -0.842. The van der Waals surface area contributed by atoms with E-state index in [0.29, 0.717) is 25.9 Å². The van der Waals surface area contributed by atoms with Gasteiger partial charge in [0.05, 0.1) is 5.41 Å². The number of piperidine rings is 1. The van der Waals surface area contributed by atoms with E-state index < -0.39 is 11.4 Å². The fourth-order valence-corrected chi connectivity index (χ4v) is 2.74. The molecule has 0 unspecified atom stereocenters. The van der Waals surface area contributed by atoms with E-state index in [4.69, 9.17) is 5.11 Å². The molecule has 0 bridgehead atoms. The van der Waals surface area contributed by atoms with Crippen LogP contribution in [0.15, 0.2) is 0 Å². The number of rotatable bonds is 2. The zero-order chi connectivity index (χ0) is 14.2. The standard InChI is InChI=1S/C13H20N2O4/c1-13(12(18)19)4-6-15(8-13)11(17)9-3-5-14(2)10(16)7-9/h9H,3-8H2,1-2H3,(H,18,19)/t9-,13+/m0/s1. The molecule has 2 aliphatic rings. The van der Waals surface area contributed by atoms with Gasteiger partial charge in [0.25, 0.3) is 0 Å². The molecule has 6 heteroatoms. The number of aliphatic carboxylic acids is 1. The van der Waals surface area contributed by atoms with Gasteiger partial charge in [0.1, 0.15) is 0 Å². The number of nitrogens with zero attached hydrogens (tertiary/aromatic N) is 2. The average molecular weight is 268 g/mol. The van der Waals surface area contributed by atoms with Crippen molar-refractivity contribution >= 4 is 17.8 Å². The van der Waals surface area contributed by atoms with Gasteiger partial charge in [-0.3, -0.25) is 14.4 Å². The molecule has 0 aromatic carbocycles. The lowest BCUT2D eigenvalue weighted by molar-refractivity contribution is -0.148. The minimum atomic E-state index is -0.859. The van der Waals surface area contributed by atoms with Crippen LogP contribution in [-0.2, 0) is 14.4 Å². The molecular formula is C13H20N2O4. The molecule has 0 aliphatic carbocycles. The monoisotopic (exact) mass is 268 g/mol. The molecule has 2 saturated heterocycles. The minimum absolute atomic E-state index is 0.00945. The van der Waals surface area contributed by atoms with Gasteiger partial charge in [-0.2, -0.15) is 0 Å². The molecule has 106 valence electrons. The Kier molecular flexibility index (Phi) is 3.52. The van der Waals surface area contributed by atoms with Crippen molar-refractivity contribution < 1.29 is 19.5 Å². The Morgan fingerprint density at radius 3 is 2.58 bits per heavy atom. The van der Waals surface area contributed by atoms with E-state index >= 15 is 0 Å². The van der Waals surface area contributed by atoms with E-state index in [9.17, 15) is 14.4 Å². The topological polar surface area (TPSA) is 77.9 Å². The number of carbonyl (C=O) groups excluding carboxylic acids is 2. The first-order valence-corrected chi connectivity index (χ1v) is 6.59. The van der Waals surface area contributed by atoms with Crippen molar-refractivity contribution in [2.24, 2.45) is 11.3 Å². The number of amides is 2. The smallest absolute Gasteiger partial charge is 0.311 e. The molecular weight excluding hydrogens is 248 g/mol. The summed E-state index contributed by atoms with van der Waals surface area (Å²) in [5.74, 6) is -1.21. The molecule has 0 aromatic heterocycles. The molecule has 0 saturated carbocycles. The number of likely N-dealkylation sites (tertiary alicyclic amines) is 2. The fourth-order valence-electron chi connectivity index (χ4n) is 2.74. The van der Waals surface area contributed by atoms with Crippen LogP contribution >= 0.6 is 0 Å². The Bertz CT molecular complexity index is 423. The highest BCUT2D eigenvalue weighted by molar-refractivity contribution is 5.87. The molecule has 6 nitrogen and oxygen atoms in total. The van der Waals surface area contributed by atoms with Crippen LogP contribution in [-0.4, -0.2) is 59.4 Å². The Morgan fingerprint density at radius 1 is 1.37 bits per heavy atom. The maximum Gasteiger partial charge on any atom is 0.311 e. The minimum Gasteiger partial charge on any atom is -0.481 e. The summed E-state index contributed by atoms with van der Waals surface area (Å²) in [7, 11) is 1.74. The number of hydrogen-bond acceptors (Lipinski definition) is 3. The quantitative estimate of drug-likeness (QED) is 0.775. The van der Waals surface area contributed by atoms with Crippen LogP contribution in [0.4, 0.5) is 0 Å². The van der Waals surface area contributed by atoms with Crippen LogP contribution < -0.4 is 0 Å². The van der Waals surface area contributed by atoms with Crippen molar-refractivity contribution in [1.29, 1.82) is 0 Å². The molecule has 2 heterocycles. The summed E-state index contributed by atoms with van der Waals surface area (Å²) in [5, 5.41) is 9.16. The van der Waals surface area contributed by atoms with Gasteiger partial charge < -0.3 is 14.9 Å². The highest BCUT2D eigenvalue weighted by Gasteiger charge is 2.44. The second-order valence-electron chi connectivity index (χ2n) is 5.88. The predicted molar refractivity (Wildman–Crippen MR) is 67.3 cm³/mol. The predicted octanol–water partition coefficient (Wildman–Crippen LogP) is 0.178. The maximum atomic E-state index is 12.3. The fraction of sp³-hybridized carbons (Fsp3) is 0.769. The van der Waals surface area contributed by atoms with Crippen LogP contribution in [0.3, 0.4) is 0 Å². The first kappa shape index (κ1) is 13.8. The van der Waals surface area contributed by atoms with Crippen molar-refractivity contribution in [2.45, 2.75) is 26.2 Å². The zero-order valence-corrected chi connectivity index (χ0v) is 11.4. The van der Waals surface area contributed by atoms with Crippen molar-refractivity contribution in [3.63, 3.8) is 0 Å². The lowest BCUT2D eigenvalue weighted by Crippen LogP contribution is -2.44. The largest absolute Gasteiger partial charge is 0.481 e. The van der Waals surface area contributed by atoms with E-state index in [1.54, 1.807) is 23.8 Å². The van der Waals surface area contributed by atoms with Crippen LogP contribution in [0.1, 0.15) is 26.2 Å². The van der Waals surface area contributed by atoms with Gasteiger partial charge in [0.2, 0.25) is 11.8 Å². The van der Waals surface area contributed by atoms with Crippen LogP contribution in [0, 0.1) is 11.3 Å². The van der Waals surface area contributed by atoms with E-state index in [1.807, 2.05) is 0 Å². The van der Waals surface area contributed by atoms with Crippen molar-refractivity contribution in [3.05, 3.63) is 0 Å². The zero-order valence-electron chi connectivity index (χ0n) is 11.4. The first-order chi connectivity index (χ1) is 8.83. The van der Waals surface area contributed by atoms with Crippen LogP contribution in [0.5, 0.6) is 0 Å². The molecule has 2 rings (SSSR count).